The van der Waals surface area contributed by atoms with Gasteiger partial charge < -0.3 is 5.32 Å². The van der Waals surface area contributed by atoms with E-state index >= 15 is 0 Å². The lowest BCUT2D eigenvalue weighted by atomic mass is 10.1. The maximum Gasteiger partial charge on any atom is 0.218 e. The van der Waals surface area contributed by atoms with Gasteiger partial charge in [0.1, 0.15) is 0 Å². The summed E-state index contributed by atoms with van der Waals surface area (Å²) < 4.78 is 0. The van der Waals surface area contributed by atoms with Crippen LogP contribution in [0.1, 0.15) is 32.3 Å². The molecule has 1 aromatic carbocycles. The van der Waals surface area contributed by atoms with Crippen molar-refractivity contribution in [3.63, 3.8) is 0 Å². The minimum Gasteiger partial charge on any atom is -0.341 e. The smallest absolute Gasteiger partial charge is 0.218 e. The van der Waals surface area contributed by atoms with Crippen molar-refractivity contribution in [1.29, 1.82) is 0 Å². The van der Waals surface area contributed by atoms with Gasteiger partial charge in [0.25, 0.3) is 0 Å². The number of nitrogens with one attached hydrogen (secondary N) is 2. The van der Waals surface area contributed by atoms with Crippen molar-refractivity contribution >= 4 is 5.91 Å². The first-order valence-electron chi connectivity index (χ1n) is 6.26. The van der Waals surface area contributed by atoms with E-state index in [0.29, 0.717) is 0 Å². The van der Waals surface area contributed by atoms with Crippen LogP contribution in [0.25, 0.3) is 0 Å². The summed E-state index contributed by atoms with van der Waals surface area (Å²) in [5, 5.41) is 6.31. The molecule has 1 amide bonds. The van der Waals surface area contributed by atoms with E-state index in [1.165, 1.54) is 5.56 Å². The highest BCUT2D eigenvalue weighted by molar-refractivity contribution is 5.73. The highest BCUT2D eigenvalue weighted by Crippen LogP contribution is 2.02. The summed E-state index contributed by atoms with van der Waals surface area (Å²) >= 11 is 0. The third-order valence-corrected chi connectivity index (χ3v) is 2.58. The van der Waals surface area contributed by atoms with Gasteiger partial charge in [-0.25, -0.2) is 0 Å². The predicted octanol–water partition coefficient (Wildman–Crippen LogP) is 2.08. The van der Waals surface area contributed by atoms with Crippen LogP contribution < -0.4 is 10.6 Å². The number of unbranched alkanes of at least 4 members (excludes halogenated alkanes) is 1. The average molecular weight is 234 g/mol. The second-order valence-electron chi connectivity index (χ2n) is 4.25. The second-order valence-corrected chi connectivity index (χ2v) is 4.25. The van der Waals surface area contributed by atoms with Crippen LogP contribution in [-0.2, 0) is 11.2 Å². The molecule has 2 N–H and O–H groups in total. The molecule has 0 spiro atoms. The van der Waals surface area contributed by atoms with Gasteiger partial charge in [0, 0.05) is 13.3 Å². The van der Waals surface area contributed by atoms with E-state index in [2.05, 4.69) is 29.7 Å². The van der Waals surface area contributed by atoms with Crippen LogP contribution in [0.4, 0.5) is 0 Å². The number of benzene rings is 1. The van der Waals surface area contributed by atoms with Crippen LogP contribution >= 0.6 is 0 Å². The molecule has 1 atom stereocenters. The number of hydrogen-bond acceptors (Lipinski definition) is 2. The van der Waals surface area contributed by atoms with Gasteiger partial charge in [-0.05, 0) is 18.5 Å². The lowest BCUT2D eigenvalue weighted by molar-refractivity contribution is -0.119. The minimum absolute atomic E-state index is 0.00919. The summed E-state index contributed by atoms with van der Waals surface area (Å²) in [5.74, 6) is 0.00919. The fraction of sp³-hybridized carbons (Fsp3) is 0.500. The Balaban J connectivity index is 2.48. The first-order valence-corrected chi connectivity index (χ1v) is 6.26. The van der Waals surface area contributed by atoms with E-state index in [0.717, 1.165) is 25.8 Å². The largest absolute Gasteiger partial charge is 0.341 e. The quantitative estimate of drug-likeness (QED) is 0.560. The summed E-state index contributed by atoms with van der Waals surface area (Å²) in [5.41, 5.74) is 1.23. The molecular formula is C14H22N2O. The maximum atomic E-state index is 11.1. The molecule has 0 aromatic heterocycles. The van der Waals surface area contributed by atoms with Crippen LogP contribution in [0.5, 0.6) is 0 Å². The summed E-state index contributed by atoms with van der Waals surface area (Å²) in [7, 11) is 0. The maximum absolute atomic E-state index is 11.1. The van der Waals surface area contributed by atoms with Crippen molar-refractivity contribution in [2.45, 2.75) is 39.3 Å². The van der Waals surface area contributed by atoms with Gasteiger partial charge in [-0.1, -0.05) is 43.7 Å². The average Bonchev–Trinajstić information content (AvgIpc) is 2.30. The number of hydrogen-bond donors (Lipinski definition) is 2. The molecule has 17 heavy (non-hydrogen) atoms. The number of rotatable bonds is 7. The van der Waals surface area contributed by atoms with Gasteiger partial charge in [0.15, 0.2) is 0 Å². The Labute approximate surface area is 104 Å². The minimum atomic E-state index is 0.00919. The SMILES string of the molecule is CCCCN[C@@H](Cc1ccccc1)NC(C)=O. The number of carbonyl (C=O) groups excluding carboxylic acids is 1. The number of amides is 1. The van der Waals surface area contributed by atoms with Crippen LogP contribution in [0.15, 0.2) is 30.3 Å². The Hall–Kier alpha value is -1.35. The third kappa shape index (κ3) is 6.07. The number of carbonyl (C=O) groups is 1. The fourth-order valence-electron chi connectivity index (χ4n) is 1.72. The third-order valence-electron chi connectivity index (χ3n) is 2.58. The van der Waals surface area contributed by atoms with Crippen molar-refractivity contribution in [1.82, 2.24) is 10.6 Å². The fourth-order valence-corrected chi connectivity index (χ4v) is 1.72. The molecule has 3 nitrogen and oxygen atoms in total. The Morgan fingerprint density at radius 3 is 2.59 bits per heavy atom. The second kappa shape index (κ2) is 7.85. The van der Waals surface area contributed by atoms with E-state index in [1.807, 2.05) is 18.2 Å². The summed E-state index contributed by atoms with van der Waals surface area (Å²) in [6.45, 7) is 4.65. The Morgan fingerprint density at radius 2 is 2.00 bits per heavy atom. The predicted molar refractivity (Wildman–Crippen MR) is 70.7 cm³/mol. The molecule has 0 bridgehead atoms. The van der Waals surface area contributed by atoms with Crippen molar-refractivity contribution in [3.8, 4) is 0 Å². The van der Waals surface area contributed by atoms with E-state index in [-0.39, 0.29) is 12.1 Å². The Morgan fingerprint density at radius 1 is 1.29 bits per heavy atom. The van der Waals surface area contributed by atoms with Crippen molar-refractivity contribution in [3.05, 3.63) is 35.9 Å². The molecule has 0 unspecified atom stereocenters. The molecule has 1 aromatic rings. The zero-order valence-electron chi connectivity index (χ0n) is 10.7. The van der Waals surface area contributed by atoms with Crippen LogP contribution in [0, 0.1) is 0 Å². The summed E-state index contributed by atoms with van der Waals surface area (Å²) in [6.07, 6.45) is 3.14. The molecule has 94 valence electrons. The van der Waals surface area contributed by atoms with E-state index in [1.54, 1.807) is 6.92 Å². The van der Waals surface area contributed by atoms with Gasteiger partial charge in [-0.3, -0.25) is 10.1 Å². The van der Waals surface area contributed by atoms with Gasteiger partial charge in [-0.2, -0.15) is 0 Å². The molecule has 1 rings (SSSR count). The zero-order valence-corrected chi connectivity index (χ0v) is 10.7. The molecule has 0 radical (unpaired) electrons. The zero-order chi connectivity index (χ0) is 12.5. The molecular weight excluding hydrogens is 212 g/mol. The van der Waals surface area contributed by atoms with Gasteiger partial charge in [0.2, 0.25) is 5.91 Å². The Kier molecular flexibility index (Phi) is 6.33. The normalized spacial score (nSPS) is 12.1. The highest BCUT2D eigenvalue weighted by atomic mass is 16.1. The molecule has 3 heteroatoms. The standard InChI is InChI=1S/C14H22N2O/c1-3-4-10-15-14(16-12(2)17)11-13-8-6-5-7-9-13/h5-9,14-15H,3-4,10-11H2,1-2H3,(H,16,17)/t14-/m1/s1. The molecule has 0 saturated heterocycles. The molecule has 0 saturated carbocycles. The monoisotopic (exact) mass is 234 g/mol. The van der Waals surface area contributed by atoms with Crippen molar-refractivity contribution in [2.24, 2.45) is 0 Å². The lowest BCUT2D eigenvalue weighted by Gasteiger charge is -2.19. The Bertz CT molecular complexity index is 324. The topological polar surface area (TPSA) is 41.1 Å². The van der Waals surface area contributed by atoms with Gasteiger partial charge >= 0.3 is 0 Å². The van der Waals surface area contributed by atoms with Gasteiger partial charge in [-0.15, -0.1) is 0 Å². The summed E-state index contributed by atoms with van der Waals surface area (Å²) in [6, 6.07) is 10.2. The molecule has 0 aliphatic carbocycles. The lowest BCUT2D eigenvalue weighted by Crippen LogP contribution is -2.46. The van der Waals surface area contributed by atoms with Crippen molar-refractivity contribution in [2.75, 3.05) is 6.54 Å². The van der Waals surface area contributed by atoms with Crippen LogP contribution in [0.3, 0.4) is 0 Å². The van der Waals surface area contributed by atoms with E-state index in [4.69, 9.17) is 0 Å². The summed E-state index contributed by atoms with van der Waals surface area (Å²) in [4.78, 5) is 11.1. The first-order chi connectivity index (χ1) is 8.22. The first kappa shape index (κ1) is 13.7. The van der Waals surface area contributed by atoms with Crippen molar-refractivity contribution < 1.29 is 4.79 Å². The van der Waals surface area contributed by atoms with Crippen LogP contribution in [0.2, 0.25) is 0 Å². The highest BCUT2D eigenvalue weighted by Gasteiger charge is 2.09. The molecule has 0 aliphatic rings. The van der Waals surface area contributed by atoms with Crippen LogP contribution in [-0.4, -0.2) is 18.6 Å². The molecule has 0 heterocycles. The van der Waals surface area contributed by atoms with Gasteiger partial charge in [0.05, 0.1) is 6.17 Å². The van der Waals surface area contributed by atoms with E-state index in [9.17, 15) is 4.79 Å². The van der Waals surface area contributed by atoms with E-state index < -0.39 is 0 Å². The molecule has 0 fully saturated rings. The molecule has 0 aliphatic heterocycles.